The van der Waals surface area contributed by atoms with E-state index in [-0.39, 0.29) is 12.0 Å². The second kappa shape index (κ2) is 14.0. The first-order chi connectivity index (χ1) is 27.2. The van der Waals surface area contributed by atoms with Gasteiger partial charge in [0.1, 0.15) is 11.9 Å². The normalized spacial score (nSPS) is 15.3. The standard InChI is InChI=1S/C51H35N3O/c1-5-15-34(16-6-1)38-25-27-39(28-26-38)49-52-50(43-30-40(35-17-7-2-8-18-35)29-41(31-43)36-19-9-3-10-20-36)54-51(53-49)45-32-42(37-21-11-4-12-22-37)33-47-48(45)44-23-13-14-24-46(44)55-47/h1-33,44,46H. The van der Waals surface area contributed by atoms with Gasteiger partial charge in [0, 0.05) is 28.2 Å². The first-order valence-corrected chi connectivity index (χ1v) is 18.7. The minimum Gasteiger partial charge on any atom is -0.485 e. The maximum atomic E-state index is 6.64. The van der Waals surface area contributed by atoms with Gasteiger partial charge < -0.3 is 4.74 Å². The van der Waals surface area contributed by atoms with E-state index in [2.05, 4.69) is 176 Å². The molecule has 0 N–H and O–H groups in total. The fourth-order valence-electron chi connectivity index (χ4n) is 7.70. The van der Waals surface area contributed by atoms with Crippen LogP contribution in [0.25, 0.3) is 78.7 Å². The molecule has 8 aromatic rings. The second-order valence-corrected chi connectivity index (χ2v) is 14.0. The van der Waals surface area contributed by atoms with Crippen molar-refractivity contribution in [3.05, 3.63) is 206 Å². The van der Waals surface area contributed by atoms with Gasteiger partial charge in [-0.15, -0.1) is 0 Å². The largest absolute Gasteiger partial charge is 0.485 e. The molecule has 7 aromatic carbocycles. The number of benzene rings is 7. The Balaban J connectivity index is 1.21. The summed E-state index contributed by atoms with van der Waals surface area (Å²) in [7, 11) is 0. The Morgan fingerprint density at radius 2 is 0.764 bits per heavy atom. The second-order valence-electron chi connectivity index (χ2n) is 14.0. The molecule has 1 aliphatic carbocycles. The summed E-state index contributed by atoms with van der Waals surface area (Å²) in [6, 6.07) is 61.4. The van der Waals surface area contributed by atoms with Crippen molar-refractivity contribution in [1.82, 2.24) is 15.0 Å². The third kappa shape index (κ3) is 6.34. The molecule has 2 heterocycles. The van der Waals surface area contributed by atoms with Crippen molar-refractivity contribution in [3.63, 3.8) is 0 Å². The molecule has 2 unspecified atom stereocenters. The average Bonchev–Trinajstić information content (AvgIpc) is 3.66. The van der Waals surface area contributed by atoms with Crippen molar-refractivity contribution >= 4 is 0 Å². The minimum atomic E-state index is -0.0907. The number of hydrogen-bond acceptors (Lipinski definition) is 4. The Hall–Kier alpha value is -7.17. The van der Waals surface area contributed by atoms with E-state index in [0.29, 0.717) is 17.5 Å². The van der Waals surface area contributed by atoms with Crippen molar-refractivity contribution in [2.24, 2.45) is 0 Å². The molecule has 4 nitrogen and oxygen atoms in total. The Morgan fingerprint density at radius 3 is 1.33 bits per heavy atom. The lowest BCUT2D eigenvalue weighted by molar-refractivity contribution is 0.269. The van der Waals surface area contributed by atoms with E-state index in [4.69, 9.17) is 19.7 Å². The van der Waals surface area contributed by atoms with Crippen LogP contribution in [-0.4, -0.2) is 21.1 Å². The van der Waals surface area contributed by atoms with Crippen LogP contribution >= 0.6 is 0 Å². The van der Waals surface area contributed by atoms with Crippen LogP contribution < -0.4 is 4.74 Å². The number of fused-ring (bicyclic) bond motifs is 3. The lowest BCUT2D eigenvalue weighted by atomic mass is 9.87. The van der Waals surface area contributed by atoms with Gasteiger partial charge in [-0.05, 0) is 80.9 Å². The Kier molecular flexibility index (Phi) is 8.27. The lowest BCUT2D eigenvalue weighted by Gasteiger charge is -2.17. The summed E-state index contributed by atoms with van der Waals surface area (Å²) in [4.78, 5) is 15.9. The van der Waals surface area contributed by atoms with Crippen molar-refractivity contribution in [3.8, 4) is 84.4 Å². The molecule has 10 rings (SSSR count). The number of allylic oxidation sites excluding steroid dienone is 2. The van der Waals surface area contributed by atoms with E-state index >= 15 is 0 Å². The first kappa shape index (κ1) is 32.5. The van der Waals surface area contributed by atoms with E-state index < -0.39 is 0 Å². The summed E-state index contributed by atoms with van der Waals surface area (Å²) in [5.74, 6) is 2.73. The van der Waals surface area contributed by atoms with Crippen molar-refractivity contribution in [2.75, 3.05) is 0 Å². The van der Waals surface area contributed by atoms with Gasteiger partial charge in [0.25, 0.3) is 0 Å². The summed E-state index contributed by atoms with van der Waals surface area (Å²) in [6.45, 7) is 0. The van der Waals surface area contributed by atoms with Gasteiger partial charge in [0.2, 0.25) is 0 Å². The molecule has 0 radical (unpaired) electrons. The molecule has 55 heavy (non-hydrogen) atoms. The number of aromatic nitrogens is 3. The van der Waals surface area contributed by atoms with Crippen LogP contribution in [-0.2, 0) is 0 Å². The SMILES string of the molecule is C1=CC2Oc3cc(-c4ccccc4)cc(-c4nc(-c5ccc(-c6ccccc6)cc5)nc(-c5cc(-c6ccccc6)cc(-c6ccccc6)c5)n4)c3C2C=C1. The number of hydrogen-bond donors (Lipinski definition) is 0. The summed E-state index contributed by atoms with van der Waals surface area (Å²) in [5, 5.41) is 0. The average molecular weight is 706 g/mol. The highest BCUT2D eigenvalue weighted by molar-refractivity contribution is 5.82. The van der Waals surface area contributed by atoms with Gasteiger partial charge >= 0.3 is 0 Å². The molecule has 2 aliphatic rings. The molecule has 1 aliphatic heterocycles. The fourth-order valence-corrected chi connectivity index (χ4v) is 7.70. The summed E-state index contributed by atoms with van der Waals surface area (Å²) in [5.41, 5.74) is 12.7. The van der Waals surface area contributed by atoms with E-state index in [1.54, 1.807) is 0 Å². The van der Waals surface area contributed by atoms with Crippen LogP contribution in [0.4, 0.5) is 0 Å². The molecule has 2 atom stereocenters. The zero-order chi connectivity index (χ0) is 36.6. The van der Waals surface area contributed by atoms with Gasteiger partial charge in [-0.2, -0.15) is 0 Å². The molecule has 0 bridgehead atoms. The quantitative estimate of drug-likeness (QED) is 0.166. The highest BCUT2D eigenvalue weighted by atomic mass is 16.5. The zero-order valence-corrected chi connectivity index (χ0v) is 30.0. The number of ether oxygens (including phenoxy) is 1. The Labute approximate surface area is 320 Å². The molecule has 4 heteroatoms. The predicted octanol–water partition coefficient (Wildman–Crippen LogP) is 12.5. The zero-order valence-electron chi connectivity index (χ0n) is 30.0. The smallest absolute Gasteiger partial charge is 0.164 e. The summed E-state index contributed by atoms with van der Waals surface area (Å²) >= 11 is 0. The van der Waals surface area contributed by atoms with E-state index in [0.717, 1.165) is 72.5 Å². The number of rotatable bonds is 7. The number of nitrogens with zero attached hydrogens (tertiary/aromatic N) is 3. The van der Waals surface area contributed by atoms with Gasteiger partial charge in [-0.3, -0.25) is 0 Å². The molecule has 0 fully saturated rings. The van der Waals surface area contributed by atoms with Crippen LogP contribution in [0, 0.1) is 0 Å². The van der Waals surface area contributed by atoms with E-state index in [1.165, 1.54) is 0 Å². The summed E-state index contributed by atoms with van der Waals surface area (Å²) < 4.78 is 6.64. The van der Waals surface area contributed by atoms with Gasteiger partial charge in [-0.25, -0.2) is 15.0 Å². The first-order valence-electron chi connectivity index (χ1n) is 18.7. The van der Waals surface area contributed by atoms with Crippen molar-refractivity contribution < 1.29 is 4.74 Å². The molecular weight excluding hydrogens is 671 g/mol. The molecule has 0 amide bonds. The minimum absolute atomic E-state index is 0.0414. The fraction of sp³-hybridized carbons (Fsp3) is 0.0392. The van der Waals surface area contributed by atoms with Crippen LogP contribution in [0.2, 0.25) is 0 Å². The highest BCUT2D eigenvalue weighted by Crippen LogP contribution is 2.48. The maximum Gasteiger partial charge on any atom is 0.164 e. The third-order valence-electron chi connectivity index (χ3n) is 10.5. The molecular formula is C51H35N3O. The highest BCUT2D eigenvalue weighted by Gasteiger charge is 2.36. The van der Waals surface area contributed by atoms with Gasteiger partial charge in [-0.1, -0.05) is 164 Å². The third-order valence-corrected chi connectivity index (χ3v) is 10.5. The molecule has 260 valence electrons. The summed E-state index contributed by atoms with van der Waals surface area (Å²) in [6.07, 6.45) is 8.44. The molecule has 0 saturated carbocycles. The van der Waals surface area contributed by atoms with Crippen LogP contribution in [0.1, 0.15) is 11.5 Å². The van der Waals surface area contributed by atoms with Gasteiger partial charge in [0.15, 0.2) is 17.5 Å². The van der Waals surface area contributed by atoms with Crippen LogP contribution in [0.5, 0.6) is 5.75 Å². The van der Waals surface area contributed by atoms with Crippen molar-refractivity contribution in [2.45, 2.75) is 12.0 Å². The monoisotopic (exact) mass is 705 g/mol. The van der Waals surface area contributed by atoms with E-state index in [9.17, 15) is 0 Å². The molecule has 0 spiro atoms. The molecule has 1 aromatic heterocycles. The topological polar surface area (TPSA) is 47.9 Å². The van der Waals surface area contributed by atoms with Crippen LogP contribution in [0.3, 0.4) is 0 Å². The lowest BCUT2D eigenvalue weighted by Crippen LogP contribution is -2.16. The van der Waals surface area contributed by atoms with Crippen LogP contribution in [0.15, 0.2) is 200 Å². The Morgan fingerprint density at radius 1 is 0.345 bits per heavy atom. The van der Waals surface area contributed by atoms with E-state index in [1.807, 2.05) is 24.3 Å². The van der Waals surface area contributed by atoms with Gasteiger partial charge in [0.05, 0.1) is 0 Å². The maximum absolute atomic E-state index is 6.64. The Bertz CT molecular complexity index is 2650. The molecule has 0 saturated heterocycles. The van der Waals surface area contributed by atoms with Crippen molar-refractivity contribution in [1.29, 1.82) is 0 Å². The predicted molar refractivity (Wildman–Crippen MR) is 223 cm³/mol.